The first kappa shape index (κ1) is 19.7. The third-order valence-electron chi connectivity index (χ3n) is 4.99. The van der Waals surface area contributed by atoms with Crippen LogP contribution in [0.15, 0.2) is 18.2 Å². The third-order valence-corrected chi connectivity index (χ3v) is 4.99. The Morgan fingerprint density at radius 3 is 1.64 bits per heavy atom. The number of rotatable bonds is 7. The Labute approximate surface area is 164 Å². The number of benzene rings is 2. The van der Waals surface area contributed by atoms with E-state index in [4.69, 9.17) is 28.4 Å². The summed E-state index contributed by atoms with van der Waals surface area (Å²) < 4.78 is 32.7. The smallest absolute Gasteiger partial charge is 0.204 e. The monoisotopic (exact) mass is 388 g/mol. The minimum Gasteiger partial charge on any atom is -0.493 e. The summed E-state index contributed by atoms with van der Waals surface area (Å²) in [6.07, 6.45) is 0.292. The Hall–Kier alpha value is -3.09. The van der Waals surface area contributed by atoms with Crippen LogP contribution in [0.1, 0.15) is 33.8 Å². The summed E-state index contributed by atoms with van der Waals surface area (Å²) in [6.45, 7) is 0. The Morgan fingerprint density at radius 1 is 0.679 bits per heavy atom. The predicted octanol–water partition coefficient (Wildman–Crippen LogP) is 3.46. The molecule has 0 heterocycles. The normalized spacial score (nSPS) is 15.1. The van der Waals surface area contributed by atoms with Gasteiger partial charge < -0.3 is 28.4 Å². The van der Waals surface area contributed by atoms with E-state index in [2.05, 4.69) is 0 Å². The van der Waals surface area contributed by atoms with Crippen molar-refractivity contribution in [2.45, 2.75) is 12.3 Å². The van der Waals surface area contributed by atoms with Crippen LogP contribution < -0.4 is 28.4 Å². The fourth-order valence-corrected chi connectivity index (χ4v) is 3.73. The molecular formula is C21H24O7. The van der Waals surface area contributed by atoms with Gasteiger partial charge in [0.05, 0.1) is 48.2 Å². The van der Waals surface area contributed by atoms with Crippen LogP contribution in [-0.4, -0.2) is 48.4 Å². The average Bonchev–Trinajstić information content (AvgIpc) is 3.07. The second kappa shape index (κ2) is 7.88. The number of methoxy groups -OCH3 is 6. The van der Waals surface area contributed by atoms with Crippen molar-refractivity contribution in [3.05, 3.63) is 34.9 Å². The van der Waals surface area contributed by atoms with Crippen molar-refractivity contribution < 1.29 is 33.2 Å². The first-order valence-electron chi connectivity index (χ1n) is 8.70. The standard InChI is InChI=1S/C21H24O7/c1-23-15-7-11(8-16(24-2)19(15)26-4)12-9-14(22)18-13(12)10-17(25-3)20(27-5)21(18)28-6/h7-8,10,12H,9H2,1-6H3. The van der Waals surface area contributed by atoms with Gasteiger partial charge in [-0.3, -0.25) is 4.79 Å². The molecule has 7 nitrogen and oxygen atoms in total. The molecule has 0 N–H and O–H groups in total. The van der Waals surface area contributed by atoms with Crippen molar-refractivity contribution >= 4 is 5.78 Å². The summed E-state index contributed by atoms with van der Waals surface area (Å²) in [4.78, 5) is 12.9. The summed E-state index contributed by atoms with van der Waals surface area (Å²) in [6, 6.07) is 5.55. The van der Waals surface area contributed by atoms with Crippen LogP contribution in [-0.2, 0) is 0 Å². The fraction of sp³-hybridized carbons (Fsp3) is 0.381. The summed E-state index contributed by atoms with van der Waals surface area (Å²) >= 11 is 0. The van der Waals surface area contributed by atoms with Gasteiger partial charge in [0.1, 0.15) is 0 Å². The number of carbonyl (C=O) groups excluding carboxylic acids is 1. The maximum atomic E-state index is 12.9. The van der Waals surface area contributed by atoms with E-state index in [9.17, 15) is 4.79 Å². The van der Waals surface area contributed by atoms with Gasteiger partial charge in [0, 0.05) is 12.3 Å². The topological polar surface area (TPSA) is 72.5 Å². The molecule has 0 saturated heterocycles. The zero-order chi connectivity index (χ0) is 20.4. The Kier molecular flexibility index (Phi) is 5.53. The molecule has 0 saturated carbocycles. The molecule has 3 rings (SSSR count). The molecule has 1 unspecified atom stereocenters. The zero-order valence-electron chi connectivity index (χ0n) is 16.9. The Morgan fingerprint density at radius 2 is 1.18 bits per heavy atom. The van der Waals surface area contributed by atoms with E-state index in [-0.39, 0.29) is 11.7 Å². The molecule has 0 bridgehead atoms. The first-order chi connectivity index (χ1) is 13.5. The number of ether oxygens (including phenoxy) is 6. The molecular weight excluding hydrogens is 364 g/mol. The molecule has 0 aromatic heterocycles. The van der Waals surface area contributed by atoms with E-state index in [1.807, 2.05) is 18.2 Å². The van der Waals surface area contributed by atoms with E-state index in [0.29, 0.717) is 46.5 Å². The summed E-state index contributed by atoms with van der Waals surface area (Å²) in [5.74, 6) is 2.64. The molecule has 0 amide bonds. The number of fused-ring (bicyclic) bond motifs is 1. The van der Waals surface area contributed by atoms with Crippen molar-refractivity contribution in [2.24, 2.45) is 0 Å². The minimum absolute atomic E-state index is 0.0217. The van der Waals surface area contributed by atoms with Crippen LogP contribution >= 0.6 is 0 Å². The van der Waals surface area contributed by atoms with E-state index in [1.165, 1.54) is 14.2 Å². The zero-order valence-corrected chi connectivity index (χ0v) is 16.9. The van der Waals surface area contributed by atoms with Crippen LogP contribution in [0.5, 0.6) is 34.5 Å². The number of hydrogen-bond donors (Lipinski definition) is 0. The Balaban J connectivity index is 2.23. The van der Waals surface area contributed by atoms with Crippen LogP contribution in [0.4, 0.5) is 0 Å². The van der Waals surface area contributed by atoms with Crippen LogP contribution in [0.25, 0.3) is 0 Å². The highest BCUT2D eigenvalue weighted by Crippen LogP contribution is 2.51. The number of hydrogen-bond acceptors (Lipinski definition) is 7. The molecule has 1 aliphatic rings. The van der Waals surface area contributed by atoms with Crippen molar-refractivity contribution in [3.8, 4) is 34.5 Å². The van der Waals surface area contributed by atoms with Gasteiger partial charge in [-0.1, -0.05) is 0 Å². The maximum absolute atomic E-state index is 12.9. The van der Waals surface area contributed by atoms with Crippen LogP contribution in [0.2, 0.25) is 0 Å². The summed E-state index contributed by atoms with van der Waals surface area (Å²) in [7, 11) is 9.25. The van der Waals surface area contributed by atoms with Crippen LogP contribution in [0, 0.1) is 0 Å². The fourth-order valence-electron chi connectivity index (χ4n) is 3.73. The summed E-state index contributed by atoms with van der Waals surface area (Å²) in [5.41, 5.74) is 2.20. The van der Waals surface area contributed by atoms with Gasteiger partial charge in [-0.15, -0.1) is 0 Å². The van der Waals surface area contributed by atoms with Gasteiger partial charge in [-0.2, -0.15) is 0 Å². The molecule has 28 heavy (non-hydrogen) atoms. The van der Waals surface area contributed by atoms with E-state index in [0.717, 1.165) is 11.1 Å². The molecule has 0 aliphatic heterocycles. The lowest BCUT2D eigenvalue weighted by Crippen LogP contribution is -2.03. The lowest BCUT2D eigenvalue weighted by Gasteiger charge is -2.19. The summed E-state index contributed by atoms with van der Waals surface area (Å²) in [5, 5.41) is 0. The van der Waals surface area contributed by atoms with Gasteiger partial charge in [-0.05, 0) is 29.3 Å². The number of carbonyl (C=O) groups is 1. The molecule has 0 radical (unpaired) electrons. The Bertz CT molecular complexity index is 879. The lowest BCUT2D eigenvalue weighted by molar-refractivity contribution is 0.0988. The van der Waals surface area contributed by atoms with E-state index < -0.39 is 0 Å². The van der Waals surface area contributed by atoms with Crippen molar-refractivity contribution in [1.29, 1.82) is 0 Å². The third kappa shape index (κ3) is 2.96. The van der Waals surface area contributed by atoms with E-state index in [1.54, 1.807) is 28.4 Å². The molecule has 0 fully saturated rings. The molecule has 1 aliphatic carbocycles. The quantitative estimate of drug-likeness (QED) is 0.719. The van der Waals surface area contributed by atoms with Crippen molar-refractivity contribution in [3.63, 3.8) is 0 Å². The maximum Gasteiger partial charge on any atom is 0.204 e. The molecule has 2 aromatic carbocycles. The van der Waals surface area contributed by atoms with Crippen molar-refractivity contribution in [1.82, 2.24) is 0 Å². The van der Waals surface area contributed by atoms with Crippen LogP contribution in [0.3, 0.4) is 0 Å². The predicted molar refractivity (Wildman–Crippen MR) is 103 cm³/mol. The van der Waals surface area contributed by atoms with Crippen molar-refractivity contribution in [2.75, 3.05) is 42.7 Å². The van der Waals surface area contributed by atoms with Gasteiger partial charge in [0.15, 0.2) is 28.8 Å². The van der Waals surface area contributed by atoms with Gasteiger partial charge in [0.25, 0.3) is 0 Å². The highest BCUT2D eigenvalue weighted by atomic mass is 16.5. The lowest BCUT2D eigenvalue weighted by atomic mass is 9.92. The molecule has 2 aromatic rings. The largest absolute Gasteiger partial charge is 0.493 e. The second-order valence-corrected chi connectivity index (χ2v) is 6.25. The highest BCUT2D eigenvalue weighted by molar-refractivity contribution is 6.05. The SMILES string of the molecule is COc1cc(C2CC(=O)c3c2cc(OC)c(OC)c3OC)cc(OC)c1OC. The minimum atomic E-state index is -0.204. The average molecular weight is 388 g/mol. The second-order valence-electron chi connectivity index (χ2n) is 6.25. The van der Waals surface area contributed by atoms with E-state index >= 15 is 0 Å². The molecule has 0 spiro atoms. The van der Waals surface area contributed by atoms with Gasteiger partial charge >= 0.3 is 0 Å². The first-order valence-corrected chi connectivity index (χ1v) is 8.70. The molecule has 7 heteroatoms. The highest BCUT2D eigenvalue weighted by Gasteiger charge is 2.37. The van der Waals surface area contributed by atoms with Gasteiger partial charge in [0.2, 0.25) is 11.5 Å². The molecule has 150 valence electrons. The number of Topliss-reactive ketones (excluding diaryl/α,β-unsaturated/α-hetero) is 1. The molecule has 1 atom stereocenters. The number of ketones is 1. The van der Waals surface area contributed by atoms with Gasteiger partial charge in [-0.25, -0.2) is 0 Å².